The van der Waals surface area contributed by atoms with Crippen LogP contribution < -0.4 is 5.32 Å². The summed E-state index contributed by atoms with van der Waals surface area (Å²) in [5.41, 5.74) is 2.53. The molecule has 1 amide bonds. The molecule has 0 aliphatic heterocycles. The summed E-state index contributed by atoms with van der Waals surface area (Å²) in [5.74, 6) is -2.91. The van der Waals surface area contributed by atoms with Gasteiger partial charge in [0.25, 0.3) is 0 Å². The molecule has 0 spiro atoms. The molecule has 7 nitrogen and oxygen atoms in total. The Morgan fingerprint density at radius 3 is 2.42 bits per heavy atom. The molecule has 0 radical (unpaired) electrons. The van der Waals surface area contributed by atoms with Gasteiger partial charge in [-0.25, -0.2) is 23.1 Å². The summed E-state index contributed by atoms with van der Waals surface area (Å²) in [6, 6.07) is 18.6. The van der Waals surface area contributed by atoms with Gasteiger partial charge in [0.1, 0.15) is 22.7 Å². The number of rotatable bonds is 12. The Balaban J connectivity index is 1.47. The molecule has 10 heteroatoms. The Hall–Kier alpha value is -4.18. The molecular weight excluding hydrogens is 517 g/mol. The first-order valence-electron chi connectivity index (χ1n) is 13.1. The largest absolute Gasteiger partial charge is 0.366 e. The van der Waals surface area contributed by atoms with Gasteiger partial charge in [-0.15, -0.1) is 0 Å². The molecule has 4 aromatic rings. The van der Waals surface area contributed by atoms with Crippen LogP contribution in [0.2, 0.25) is 0 Å². The van der Waals surface area contributed by atoms with Crippen molar-refractivity contribution in [2.75, 3.05) is 33.7 Å². The van der Waals surface area contributed by atoms with Crippen LogP contribution in [-0.2, 0) is 17.8 Å². The van der Waals surface area contributed by atoms with E-state index >= 15 is 0 Å². The van der Waals surface area contributed by atoms with Crippen molar-refractivity contribution in [2.45, 2.75) is 25.8 Å². The van der Waals surface area contributed by atoms with Crippen LogP contribution in [0.3, 0.4) is 0 Å². The number of imidazole rings is 1. The molecule has 0 fully saturated rings. The normalized spacial score (nSPS) is 12.6. The Morgan fingerprint density at radius 2 is 1.75 bits per heavy atom. The SMILES string of the molecule is CC(C(=Nc1ccc(CCN(CCNC=O)Cc2ccccc2)cc1)N(C)C)c1nc2c(F)cc(F)c(F)c2[nH]1. The highest BCUT2D eigenvalue weighted by Crippen LogP contribution is 2.26. The summed E-state index contributed by atoms with van der Waals surface area (Å²) in [6.45, 7) is 4.74. The van der Waals surface area contributed by atoms with Crippen LogP contribution in [0, 0.1) is 17.5 Å². The summed E-state index contributed by atoms with van der Waals surface area (Å²) < 4.78 is 42.1. The number of halogens is 3. The second-order valence-electron chi connectivity index (χ2n) is 9.84. The number of carbonyl (C=O) groups is 1. The van der Waals surface area contributed by atoms with E-state index in [1.807, 2.05) is 68.4 Å². The van der Waals surface area contributed by atoms with Crippen molar-refractivity contribution in [1.29, 1.82) is 0 Å². The zero-order valence-electron chi connectivity index (χ0n) is 22.8. The fourth-order valence-electron chi connectivity index (χ4n) is 4.55. The van der Waals surface area contributed by atoms with Crippen LogP contribution in [-0.4, -0.2) is 65.7 Å². The topological polar surface area (TPSA) is 76.6 Å². The van der Waals surface area contributed by atoms with E-state index in [9.17, 15) is 18.0 Å². The summed E-state index contributed by atoms with van der Waals surface area (Å²) in [7, 11) is 3.65. The van der Waals surface area contributed by atoms with Gasteiger partial charge in [0, 0.05) is 46.3 Å². The zero-order valence-corrected chi connectivity index (χ0v) is 22.8. The molecule has 210 valence electrons. The highest BCUT2D eigenvalue weighted by molar-refractivity contribution is 5.90. The lowest BCUT2D eigenvalue weighted by Gasteiger charge is -2.22. The van der Waals surface area contributed by atoms with E-state index in [0.29, 0.717) is 24.9 Å². The first-order chi connectivity index (χ1) is 19.3. The lowest BCUT2D eigenvalue weighted by Crippen LogP contribution is -2.32. The lowest BCUT2D eigenvalue weighted by atomic mass is 10.1. The highest BCUT2D eigenvalue weighted by Gasteiger charge is 2.23. The third kappa shape index (κ3) is 7.06. The van der Waals surface area contributed by atoms with Crippen molar-refractivity contribution >= 4 is 29.0 Å². The van der Waals surface area contributed by atoms with Gasteiger partial charge in [0.15, 0.2) is 17.5 Å². The number of fused-ring (bicyclic) bond motifs is 1. The van der Waals surface area contributed by atoms with Crippen molar-refractivity contribution in [2.24, 2.45) is 4.99 Å². The number of likely N-dealkylation sites (N-methyl/N-ethyl adjacent to an activating group) is 1. The third-order valence-electron chi connectivity index (χ3n) is 6.69. The number of benzene rings is 3. The average Bonchev–Trinajstić information content (AvgIpc) is 3.41. The first-order valence-corrected chi connectivity index (χ1v) is 13.1. The molecular formula is C30H33F3N6O. The fourth-order valence-corrected chi connectivity index (χ4v) is 4.55. The minimum absolute atomic E-state index is 0.244. The molecule has 0 aliphatic rings. The molecule has 1 unspecified atom stereocenters. The van der Waals surface area contributed by atoms with Gasteiger partial charge in [-0.1, -0.05) is 42.5 Å². The van der Waals surface area contributed by atoms with E-state index in [1.54, 1.807) is 0 Å². The molecule has 3 aromatic carbocycles. The first kappa shape index (κ1) is 28.8. The second-order valence-corrected chi connectivity index (χ2v) is 9.84. The predicted molar refractivity (Wildman–Crippen MR) is 151 cm³/mol. The van der Waals surface area contributed by atoms with E-state index in [4.69, 9.17) is 4.99 Å². The van der Waals surface area contributed by atoms with E-state index in [2.05, 4.69) is 32.3 Å². The number of carbonyl (C=O) groups excluding carboxylic acids is 1. The number of amidine groups is 1. The van der Waals surface area contributed by atoms with Crippen molar-refractivity contribution in [3.63, 3.8) is 0 Å². The maximum atomic E-state index is 14.2. The molecule has 40 heavy (non-hydrogen) atoms. The lowest BCUT2D eigenvalue weighted by molar-refractivity contribution is -0.109. The number of aromatic nitrogens is 2. The van der Waals surface area contributed by atoms with Crippen molar-refractivity contribution < 1.29 is 18.0 Å². The monoisotopic (exact) mass is 550 g/mol. The Labute approximate surface area is 231 Å². The molecule has 0 aliphatic carbocycles. The number of hydrogen-bond acceptors (Lipinski definition) is 4. The molecule has 0 saturated heterocycles. The molecule has 0 saturated carbocycles. The van der Waals surface area contributed by atoms with Crippen LogP contribution in [0.4, 0.5) is 18.9 Å². The van der Waals surface area contributed by atoms with Gasteiger partial charge in [0.2, 0.25) is 6.41 Å². The van der Waals surface area contributed by atoms with Crippen LogP contribution in [0.5, 0.6) is 0 Å². The minimum Gasteiger partial charge on any atom is -0.366 e. The molecule has 1 aromatic heterocycles. The number of nitrogens with one attached hydrogen (secondary N) is 2. The maximum absolute atomic E-state index is 14.2. The van der Waals surface area contributed by atoms with Gasteiger partial charge in [0.05, 0.1) is 11.6 Å². The van der Waals surface area contributed by atoms with Gasteiger partial charge in [-0.2, -0.15) is 0 Å². The number of H-pyrrole nitrogens is 1. The standard InChI is InChI=1S/C30H33F3N6O/c1-20(29-36-27-25(32)17-24(31)26(33)28(27)37-29)30(38(2)3)35-23-11-9-21(10-12-23)13-15-39(16-14-34-19-40)18-22-7-5-4-6-8-22/h4-12,17,19-20H,13-16,18H2,1-3H3,(H,34,40)(H,36,37). The van der Waals surface area contributed by atoms with Crippen molar-refractivity contribution in [1.82, 2.24) is 25.1 Å². The Bertz CT molecular complexity index is 1450. The van der Waals surface area contributed by atoms with Gasteiger partial charge < -0.3 is 15.2 Å². The summed E-state index contributed by atoms with van der Waals surface area (Å²) in [6.07, 6.45) is 1.54. The number of aromatic amines is 1. The summed E-state index contributed by atoms with van der Waals surface area (Å²) >= 11 is 0. The van der Waals surface area contributed by atoms with Crippen LogP contribution in [0.1, 0.15) is 29.8 Å². The van der Waals surface area contributed by atoms with Gasteiger partial charge in [-0.3, -0.25) is 9.69 Å². The molecule has 4 rings (SSSR count). The zero-order chi connectivity index (χ0) is 28.6. The van der Waals surface area contributed by atoms with Crippen LogP contribution in [0.25, 0.3) is 11.0 Å². The number of amides is 1. The van der Waals surface area contributed by atoms with E-state index in [-0.39, 0.29) is 16.9 Å². The molecule has 1 atom stereocenters. The highest BCUT2D eigenvalue weighted by atomic mass is 19.2. The number of hydrogen-bond donors (Lipinski definition) is 2. The quantitative estimate of drug-likeness (QED) is 0.0840. The number of aliphatic imine (C=N–C) groups is 1. The minimum atomic E-state index is -1.27. The summed E-state index contributed by atoms with van der Waals surface area (Å²) in [4.78, 5) is 26.5. The fraction of sp³-hybridized carbons (Fsp3) is 0.300. The third-order valence-corrected chi connectivity index (χ3v) is 6.69. The van der Waals surface area contributed by atoms with E-state index < -0.39 is 23.4 Å². The molecule has 2 N–H and O–H groups in total. The molecule has 0 bridgehead atoms. The van der Waals surface area contributed by atoms with Crippen molar-refractivity contribution in [3.8, 4) is 0 Å². The second kappa shape index (κ2) is 13.3. The predicted octanol–water partition coefficient (Wildman–Crippen LogP) is 5.17. The van der Waals surface area contributed by atoms with E-state index in [1.165, 1.54) is 5.56 Å². The maximum Gasteiger partial charge on any atom is 0.207 e. The molecule has 1 heterocycles. The summed E-state index contributed by atoms with van der Waals surface area (Å²) in [5, 5.41) is 2.73. The van der Waals surface area contributed by atoms with Crippen molar-refractivity contribution in [3.05, 3.63) is 95.1 Å². The average molecular weight is 551 g/mol. The van der Waals surface area contributed by atoms with Gasteiger partial charge >= 0.3 is 0 Å². The van der Waals surface area contributed by atoms with Gasteiger partial charge in [-0.05, 0) is 36.6 Å². The number of nitrogens with zero attached hydrogens (tertiary/aromatic N) is 4. The van der Waals surface area contributed by atoms with E-state index in [0.717, 1.165) is 37.3 Å². The van der Waals surface area contributed by atoms with Crippen LogP contribution in [0.15, 0.2) is 65.7 Å². The smallest absolute Gasteiger partial charge is 0.207 e. The Morgan fingerprint density at radius 1 is 1.02 bits per heavy atom. The Kier molecular flexibility index (Phi) is 9.55. The van der Waals surface area contributed by atoms with Crippen LogP contribution >= 0.6 is 0 Å².